The zero-order chi connectivity index (χ0) is 29.4. The quantitative estimate of drug-likeness (QED) is 0.202. The van der Waals surface area contributed by atoms with Crippen LogP contribution >= 0.6 is 0 Å². The highest BCUT2D eigenvalue weighted by Crippen LogP contribution is 2.53. The van der Waals surface area contributed by atoms with Crippen LogP contribution in [0.5, 0.6) is 0 Å². The summed E-state index contributed by atoms with van der Waals surface area (Å²) in [7, 11) is 0. The van der Waals surface area contributed by atoms with Crippen LogP contribution in [-0.2, 0) is 36.9 Å². The Morgan fingerprint density at radius 1 is 1.07 bits per heavy atom. The van der Waals surface area contributed by atoms with Crippen LogP contribution in [0, 0.1) is 11.3 Å². The largest absolute Gasteiger partial charge is 0.465 e. The predicted molar refractivity (Wildman–Crippen MR) is 154 cm³/mol. The van der Waals surface area contributed by atoms with E-state index >= 15 is 0 Å². The van der Waals surface area contributed by atoms with Crippen LogP contribution in [-0.4, -0.2) is 65.5 Å². The summed E-state index contributed by atoms with van der Waals surface area (Å²) in [6.07, 6.45) is 8.32. The third kappa shape index (κ3) is 7.18. The highest BCUT2D eigenvalue weighted by molar-refractivity contribution is 5.89. The number of benzene rings is 1. The maximum absolute atomic E-state index is 13.5. The minimum absolute atomic E-state index is 0.0671. The van der Waals surface area contributed by atoms with Crippen LogP contribution in [0.2, 0.25) is 0 Å². The molecule has 4 atom stereocenters. The van der Waals surface area contributed by atoms with E-state index in [0.29, 0.717) is 25.9 Å². The van der Waals surface area contributed by atoms with Crippen LogP contribution in [0.3, 0.4) is 0 Å². The van der Waals surface area contributed by atoms with Gasteiger partial charge in [0.15, 0.2) is 0 Å². The second kappa shape index (κ2) is 13.8. The van der Waals surface area contributed by atoms with Crippen LogP contribution in [0.25, 0.3) is 0 Å². The Labute approximate surface area is 242 Å². The van der Waals surface area contributed by atoms with Crippen molar-refractivity contribution in [3.8, 4) is 0 Å². The first-order chi connectivity index (χ1) is 19.8. The summed E-state index contributed by atoms with van der Waals surface area (Å²) in [4.78, 5) is 55.6. The Morgan fingerprint density at radius 3 is 2.41 bits per heavy atom. The number of hydrogen-bond acceptors (Lipinski definition) is 6. The third-order valence-electron chi connectivity index (χ3n) is 8.48. The molecule has 0 unspecified atom stereocenters. The minimum Gasteiger partial charge on any atom is -0.465 e. The number of rotatable bonds is 14. The van der Waals surface area contributed by atoms with Crippen molar-refractivity contribution < 1.29 is 28.7 Å². The van der Waals surface area contributed by atoms with E-state index in [1.807, 2.05) is 30.3 Å². The third-order valence-corrected chi connectivity index (χ3v) is 8.48. The van der Waals surface area contributed by atoms with Gasteiger partial charge in [-0.15, -0.1) is 13.2 Å². The molecule has 41 heavy (non-hydrogen) atoms. The van der Waals surface area contributed by atoms with Gasteiger partial charge in [-0.1, -0.05) is 49.3 Å². The summed E-state index contributed by atoms with van der Waals surface area (Å²) < 4.78 is 11.1. The van der Waals surface area contributed by atoms with E-state index in [9.17, 15) is 19.2 Å². The number of carbonyl (C=O) groups excluding carboxylic acids is 4. The maximum Gasteiger partial charge on any atom is 0.410 e. The highest BCUT2D eigenvalue weighted by Gasteiger charge is 2.60. The number of unbranched alkanes of at least 4 members (excludes halogenated alkanes) is 4. The van der Waals surface area contributed by atoms with Crippen molar-refractivity contribution in [1.82, 2.24) is 15.1 Å². The first kappa shape index (κ1) is 30.3. The molecular weight excluding hydrogens is 522 g/mol. The van der Waals surface area contributed by atoms with Crippen molar-refractivity contribution in [3.63, 3.8) is 0 Å². The van der Waals surface area contributed by atoms with E-state index in [2.05, 4.69) is 18.5 Å². The fourth-order valence-corrected chi connectivity index (χ4v) is 5.94. The van der Waals surface area contributed by atoms with Gasteiger partial charge in [0.05, 0.1) is 18.6 Å². The molecule has 0 bridgehead atoms. The Balaban J connectivity index is 1.38. The molecular formula is C32H43N3O6. The molecule has 1 N–H and O–H groups in total. The van der Waals surface area contributed by atoms with Crippen molar-refractivity contribution in [3.05, 3.63) is 60.7 Å². The molecule has 2 heterocycles. The lowest BCUT2D eigenvalue weighted by Gasteiger charge is -2.25. The van der Waals surface area contributed by atoms with Crippen molar-refractivity contribution in [1.29, 1.82) is 0 Å². The van der Waals surface area contributed by atoms with Gasteiger partial charge in [0.25, 0.3) is 0 Å². The molecule has 0 aromatic heterocycles. The molecule has 1 aromatic carbocycles. The van der Waals surface area contributed by atoms with Crippen LogP contribution in [0.4, 0.5) is 4.79 Å². The number of nitrogens with one attached hydrogen (secondary N) is 1. The SMILES string of the molecule is C=CCCCCCCC(=O)N1C[C@H](OC(=O)N2Cc3ccccc3C2)C[C@H]1C(=O)NC[C@]1(C(=O)OCC)C[C@H]1C=C. The van der Waals surface area contributed by atoms with Gasteiger partial charge in [-0.2, -0.15) is 0 Å². The molecule has 1 saturated heterocycles. The first-order valence-electron chi connectivity index (χ1n) is 14.8. The van der Waals surface area contributed by atoms with Crippen LogP contribution in [0.15, 0.2) is 49.6 Å². The predicted octanol–water partition coefficient (Wildman–Crippen LogP) is 4.51. The van der Waals surface area contributed by atoms with Gasteiger partial charge >= 0.3 is 12.1 Å². The molecule has 1 saturated carbocycles. The minimum atomic E-state index is -0.817. The molecule has 1 aliphatic carbocycles. The average molecular weight is 566 g/mol. The second-order valence-corrected chi connectivity index (χ2v) is 11.3. The lowest BCUT2D eigenvalue weighted by molar-refractivity contribution is -0.150. The van der Waals surface area contributed by atoms with E-state index in [4.69, 9.17) is 9.47 Å². The van der Waals surface area contributed by atoms with Gasteiger partial charge in [0, 0.05) is 32.5 Å². The molecule has 2 fully saturated rings. The number of fused-ring (bicyclic) bond motifs is 1. The molecule has 2 aliphatic heterocycles. The summed E-state index contributed by atoms with van der Waals surface area (Å²) in [5.74, 6) is -0.895. The maximum atomic E-state index is 13.5. The van der Waals surface area contributed by atoms with E-state index < -0.39 is 23.7 Å². The fraction of sp³-hybridized carbons (Fsp3) is 0.562. The van der Waals surface area contributed by atoms with E-state index in [1.165, 1.54) is 0 Å². The number of ether oxygens (including phenoxy) is 2. The summed E-state index contributed by atoms with van der Waals surface area (Å²) in [5.41, 5.74) is 1.36. The zero-order valence-electron chi connectivity index (χ0n) is 24.1. The average Bonchev–Trinajstić information content (AvgIpc) is 3.29. The topological polar surface area (TPSA) is 105 Å². The molecule has 4 rings (SSSR count). The zero-order valence-corrected chi connectivity index (χ0v) is 24.1. The first-order valence-corrected chi connectivity index (χ1v) is 14.8. The van der Waals surface area contributed by atoms with Gasteiger partial charge in [0.1, 0.15) is 12.1 Å². The monoisotopic (exact) mass is 565 g/mol. The Morgan fingerprint density at radius 2 is 1.78 bits per heavy atom. The molecule has 9 heteroatoms. The van der Waals surface area contributed by atoms with Gasteiger partial charge < -0.3 is 19.7 Å². The fourth-order valence-electron chi connectivity index (χ4n) is 5.94. The molecule has 0 radical (unpaired) electrons. The molecule has 0 spiro atoms. The number of amides is 3. The number of hydrogen-bond donors (Lipinski definition) is 1. The van der Waals surface area contributed by atoms with Crippen molar-refractivity contribution in [2.75, 3.05) is 19.7 Å². The van der Waals surface area contributed by atoms with Crippen molar-refractivity contribution >= 4 is 23.9 Å². The summed E-state index contributed by atoms with van der Waals surface area (Å²) >= 11 is 0. The Bertz CT molecular complexity index is 1130. The molecule has 3 amide bonds. The second-order valence-electron chi connectivity index (χ2n) is 11.3. The summed E-state index contributed by atoms with van der Waals surface area (Å²) in [6.45, 7) is 10.8. The number of likely N-dealkylation sites (tertiary alicyclic amines) is 1. The molecule has 9 nitrogen and oxygen atoms in total. The molecule has 1 aromatic rings. The van der Waals surface area contributed by atoms with Crippen LogP contribution in [0.1, 0.15) is 69.4 Å². The number of esters is 1. The number of allylic oxidation sites excluding steroid dienone is 2. The smallest absolute Gasteiger partial charge is 0.410 e. The van der Waals surface area contributed by atoms with Gasteiger partial charge in [-0.25, -0.2) is 4.79 Å². The molecule has 222 valence electrons. The number of carbonyl (C=O) groups is 4. The van der Waals surface area contributed by atoms with Gasteiger partial charge in [0.2, 0.25) is 11.8 Å². The van der Waals surface area contributed by atoms with E-state index in [1.54, 1.807) is 22.8 Å². The lowest BCUT2D eigenvalue weighted by Crippen LogP contribution is -2.48. The van der Waals surface area contributed by atoms with E-state index in [-0.39, 0.29) is 49.8 Å². The highest BCUT2D eigenvalue weighted by atomic mass is 16.6. The van der Waals surface area contributed by atoms with Crippen molar-refractivity contribution in [2.24, 2.45) is 11.3 Å². The lowest BCUT2D eigenvalue weighted by atomic mass is 10.0. The number of nitrogens with zero attached hydrogens (tertiary/aromatic N) is 2. The van der Waals surface area contributed by atoms with Gasteiger partial charge in [-0.05, 0) is 49.7 Å². The van der Waals surface area contributed by atoms with Crippen molar-refractivity contribution in [2.45, 2.75) is 83.5 Å². The van der Waals surface area contributed by atoms with E-state index in [0.717, 1.165) is 43.2 Å². The standard InChI is InChI=1S/C32H43N3O6/c1-4-7-8-9-10-11-16-28(36)35-21-26(41-31(39)34-19-23-14-12-13-15-24(23)20-34)17-27(35)29(37)33-22-32(18-25(32)5-2)30(38)40-6-3/h4-5,12-15,25-27H,1-2,6-11,16-22H2,3H3,(H,33,37)/t25-,26-,27+,32-/m1/s1. The van der Waals surface area contributed by atoms with Gasteiger partial charge in [-0.3, -0.25) is 19.3 Å². The summed E-state index contributed by atoms with van der Waals surface area (Å²) in [6, 6.07) is 7.10. The normalized spacial score (nSPS) is 24.4. The summed E-state index contributed by atoms with van der Waals surface area (Å²) in [5, 5.41) is 2.91. The Kier molecular flexibility index (Phi) is 10.2. The molecule has 3 aliphatic rings. The Hall–Kier alpha value is -3.62. The van der Waals surface area contributed by atoms with Crippen LogP contribution < -0.4 is 5.32 Å².